The van der Waals surface area contributed by atoms with Crippen molar-refractivity contribution in [3.63, 3.8) is 0 Å². The zero-order chi connectivity index (χ0) is 23.2. The zero-order valence-corrected chi connectivity index (χ0v) is 19.4. The fraction of sp³-hybridized carbons (Fsp3) is 0.857. The van der Waals surface area contributed by atoms with Crippen molar-refractivity contribution in [2.75, 3.05) is 19.6 Å². The Morgan fingerprint density at radius 1 is 0.733 bits per heavy atom. The van der Waals surface area contributed by atoms with E-state index in [2.05, 4.69) is 16.0 Å². The van der Waals surface area contributed by atoms with Crippen LogP contribution in [0, 0.1) is 0 Å². The first kappa shape index (κ1) is 28.0. The largest absolute Gasteiger partial charge is 0.480 e. The molecule has 30 heavy (non-hydrogen) atoms. The van der Waals surface area contributed by atoms with Crippen LogP contribution in [0.2, 0.25) is 0 Å². The van der Waals surface area contributed by atoms with Crippen LogP contribution in [0.4, 0.5) is 9.59 Å². The highest BCUT2D eigenvalue weighted by Crippen LogP contribution is 2.07. The van der Waals surface area contributed by atoms with E-state index in [0.29, 0.717) is 32.5 Å². The summed E-state index contributed by atoms with van der Waals surface area (Å²) in [7, 11) is 0. The molecule has 0 bridgehead atoms. The molecule has 0 aromatic carbocycles. The van der Waals surface area contributed by atoms with Gasteiger partial charge in [-0.25, -0.2) is 9.59 Å². The maximum atomic E-state index is 11.6. The van der Waals surface area contributed by atoms with Gasteiger partial charge in [0.2, 0.25) is 0 Å². The van der Waals surface area contributed by atoms with Gasteiger partial charge in [-0.1, -0.05) is 12.8 Å². The molecule has 0 heterocycles. The van der Waals surface area contributed by atoms with Crippen LogP contribution in [0.3, 0.4) is 0 Å². The standard InChI is InChI=1S/C21H41N3O6/c1-20(2,3)29-18(27)23-14-10-8-7-9-13-22-16(17(25)26)12-11-15-24-19(28)30-21(4,5)6/h16,22H,7-15H2,1-6H3,(H,23,27)(H,24,28)(H,25,26). The van der Waals surface area contributed by atoms with E-state index in [9.17, 15) is 19.5 Å². The highest BCUT2D eigenvalue weighted by atomic mass is 16.6. The molecule has 9 heteroatoms. The average Bonchev–Trinajstić information content (AvgIpc) is 2.55. The highest BCUT2D eigenvalue weighted by molar-refractivity contribution is 5.73. The van der Waals surface area contributed by atoms with Crippen LogP contribution in [-0.4, -0.2) is 60.1 Å². The van der Waals surface area contributed by atoms with Gasteiger partial charge in [0.1, 0.15) is 17.2 Å². The van der Waals surface area contributed by atoms with Gasteiger partial charge in [-0.2, -0.15) is 0 Å². The third-order valence-corrected chi connectivity index (χ3v) is 3.80. The summed E-state index contributed by atoms with van der Waals surface area (Å²) >= 11 is 0. The lowest BCUT2D eigenvalue weighted by molar-refractivity contribution is -0.139. The van der Waals surface area contributed by atoms with Gasteiger partial charge in [0.05, 0.1) is 0 Å². The molecule has 1 atom stereocenters. The molecule has 0 fully saturated rings. The van der Waals surface area contributed by atoms with E-state index in [4.69, 9.17) is 9.47 Å². The van der Waals surface area contributed by atoms with Gasteiger partial charge >= 0.3 is 18.2 Å². The second kappa shape index (κ2) is 14.1. The molecule has 0 aliphatic heterocycles. The van der Waals surface area contributed by atoms with E-state index < -0.39 is 35.4 Å². The molecular weight excluding hydrogens is 390 g/mol. The topological polar surface area (TPSA) is 126 Å². The number of carbonyl (C=O) groups is 3. The molecule has 0 spiro atoms. The normalized spacial score (nSPS) is 12.7. The van der Waals surface area contributed by atoms with E-state index in [1.165, 1.54) is 0 Å². The van der Waals surface area contributed by atoms with Crippen LogP contribution in [0.5, 0.6) is 0 Å². The average molecular weight is 432 g/mol. The molecule has 0 saturated heterocycles. The summed E-state index contributed by atoms with van der Waals surface area (Å²) in [4.78, 5) is 34.4. The number of nitrogens with one attached hydrogen (secondary N) is 3. The fourth-order valence-electron chi connectivity index (χ4n) is 2.51. The summed E-state index contributed by atoms with van der Waals surface area (Å²) in [6.07, 6.45) is 3.64. The van der Waals surface area contributed by atoms with Crippen molar-refractivity contribution in [3.8, 4) is 0 Å². The first-order valence-electron chi connectivity index (χ1n) is 10.7. The molecule has 0 aliphatic rings. The quantitative estimate of drug-likeness (QED) is 0.329. The lowest BCUT2D eigenvalue weighted by Crippen LogP contribution is -2.38. The van der Waals surface area contributed by atoms with E-state index in [1.807, 2.05) is 20.8 Å². The maximum Gasteiger partial charge on any atom is 0.407 e. The summed E-state index contributed by atoms with van der Waals surface area (Å²) in [5, 5.41) is 17.7. The van der Waals surface area contributed by atoms with Crippen LogP contribution in [0.1, 0.15) is 80.1 Å². The van der Waals surface area contributed by atoms with Crippen molar-refractivity contribution < 1.29 is 29.0 Å². The second-order valence-electron chi connectivity index (χ2n) is 9.26. The number of aliphatic carboxylic acids is 1. The Bertz CT molecular complexity index is 526. The van der Waals surface area contributed by atoms with E-state index in [1.54, 1.807) is 20.8 Å². The number of amides is 2. The zero-order valence-electron chi connectivity index (χ0n) is 19.4. The van der Waals surface area contributed by atoms with Gasteiger partial charge in [0, 0.05) is 13.1 Å². The van der Waals surface area contributed by atoms with Gasteiger partial charge in [-0.05, 0) is 73.8 Å². The molecule has 0 aromatic heterocycles. The first-order chi connectivity index (χ1) is 13.8. The van der Waals surface area contributed by atoms with E-state index in [-0.39, 0.29) is 0 Å². The molecule has 0 rings (SSSR count). The summed E-state index contributed by atoms with van der Waals surface area (Å²) in [6.45, 7) is 12.4. The minimum atomic E-state index is -0.895. The molecule has 9 nitrogen and oxygen atoms in total. The lowest BCUT2D eigenvalue weighted by atomic mass is 10.1. The monoisotopic (exact) mass is 431 g/mol. The third-order valence-electron chi connectivity index (χ3n) is 3.80. The molecule has 0 aromatic rings. The minimum Gasteiger partial charge on any atom is -0.480 e. The van der Waals surface area contributed by atoms with Gasteiger partial charge in [0.15, 0.2) is 0 Å². The summed E-state index contributed by atoms with van der Waals surface area (Å²) in [5.41, 5.74) is -1.05. The number of carbonyl (C=O) groups excluding carboxylic acids is 2. The minimum absolute atomic E-state index is 0.366. The Morgan fingerprint density at radius 2 is 1.17 bits per heavy atom. The number of unbranched alkanes of at least 4 members (excludes halogenated alkanes) is 3. The molecule has 0 aliphatic carbocycles. The molecule has 1 unspecified atom stereocenters. The number of hydrogen-bond donors (Lipinski definition) is 4. The van der Waals surface area contributed by atoms with Crippen molar-refractivity contribution in [2.45, 2.75) is 97.3 Å². The summed E-state index contributed by atoms with van der Waals surface area (Å²) in [5.74, 6) is -0.895. The van der Waals surface area contributed by atoms with Crippen LogP contribution in [0.15, 0.2) is 0 Å². The molecule has 2 amide bonds. The maximum absolute atomic E-state index is 11.6. The molecular formula is C21H41N3O6. The van der Waals surface area contributed by atoms with Crippen molar-refractivity contribution >= 4 is 18.2 Å². The Morgan fingerprint density at radius 3 is 1.60 bits per heavy atom. The number of carboxylic acids is 1. The Hall–Kier alpha value is -2.03. The van der Waals surface area contributed by atoms with Gasteiger partial charge in [0.25, 0.3) is 0 Å². The predicted octanol–water partition coefficient (Wildman–Crippen LogP) is 3.42. The lowest BCUT2D eigenvalue weighted by Gasteiger charge is -2.20. The van der Waals surface area contributed by atoms with Gasteiger partial charge in [-0.15, -0.1) is 0 Å². The number of alkyl carbamates (subject to hydrolysis) is 2. The third kappa shape index (κ3) is 18.0. The van der Waals surface area contributed by atoms with E-state index in [0.717, 1.165) is 25.7 Å². The molecule has 176 valence electrons. The highest BCUT2D eigenvalue weighted by Gasteiger charge is 2.18. The van der Waals surface area contributed by atoms with Crippen molar-refractivity contribution in [3.05, 3.63) is 0 Å². The van der Waals surface area contributed by atoms with Crippen molar-refractivity contribution in [1.82, 2.24) is 16.0 Å². The van der Waals surface area contributed by atoms with Gasteiger partial charge < -0.3 is 30.5 Å². The number of hydrogen-bond acceptors (Lipinski definition) is 6. The molecule has 0 radical (unpaired) electrons. The van der Waals surface area contributed by atoms with Crippen LogP contribution < -0.4 is 16.0 Å². The second-order valence-corrected chi connectivity index (χ2v) is 9.26. The number of ether oxygens (including phenoxy) is 2. The summed E-state index contributed by atoms with van der Waals surface area (Å²) < 4.78 is 10.3. The number of rotatable bonds is 13. The first-order valence-corrected chi connectivity index (χ1v) is 10.7. The predicted molar refractivity (Wildman–Crippen MR) is 116 cm³/mol. The smallest absolute Gasteiger partial charge is 0.407 e. The Labute approximate surface area is 180 Å². The van der Waals surface area contributed by atoms with Crippen LogP contribution in [0.25, 0.3) is 0 Å². The van der Waals surface area contributed by atoms with Crippen LogP contribution >= 0.6 is 0 Å². The fourth-order valence-corrected chi connectivity index (χ4v) is 2.51. The summed E-state index contributed by atoms with van der Waals surface area (Å²) in [6, 6.07) is -0.640. The molecule has 0 saturated carbocycles. The van der Waals surface area contributed by atoms with Crippen molar-refractivity contribution in [1.29, 1.82) is 0 Å². The number of carboxylic acid groups (broad SMARTS) is 1. The van der Waals surface area contributed by atoms with E-state index >= 15 is 0 Å². The van der Waals surface area contributed by atoms with Gasteiger partial charge in [-0.3, -0.25) is 4.79 Å². The van der Waals surface area contributed by atoms with Crippen LogP contribution in [-0.2, 0) is 14.3 Å². The SMILES string of the molecule is CC(C)(C)OC(=O)NCCCCCCNC(CCCNC(=O)OC(C)(C)C)C(=O)O. The Balaban J connectivity index is 3.79. The molecule has 4 N–H and O–H groups in total. The van der Waals surface area contributed by atoms with Crippen molar-refractivity contribution in [2.24, 2.45) is 0 Å². The Kier molecular flexibility index (Phi) is 13.1.